The summed E-state index contributed by atoms with van der Waals surface area (Å²) < 4.78 is 5.82. The van der Waals surface area contributed by atoms with Crippen LogP contribution in [-0.4, -0.2) is 24.5 Å². The Labute approximate surface area is 145 Å². The summed E-state index contributed by atoms with van der Waals surface area (Å²) in [4.78, 5) is 24.6. The van der Waals surface area contributed by atoms with Crippen LogP contribution in [0.1, 0.15) is 29.8 Å². The molecule has 2 amide bonds. The minimum absolute atomic E-state index is 0.0349. The Morgan fingerprint density at radius 3 is 2.83 bits per heavy atom. The van der Waals surface area contributed by atoms with Gasteiger partial charge in [-0.1, -0.05) is 24.3 Å². The number of ether oxygens (including phenoxy) is 1. The van der Waals surface area contributed by atoms with Crippen LogP contribution < -0.4 is 15.4 Å². The fourth-order valence-corrected chi connectivity index (χ4v) is 3.59. The van der Waals surface area contributed by atoms with Crippen LogP contribution in [0.4, 0.5) is 0 Å². The van der Waals surface area contributed by atoms with Gasteiger partial charge in [-0.2, -0.15) is 0 Å². The molecule has 0 bridgehead atoms. The van der Waals surface area contributed by atoms with E-state index in [-0.39, 0.29) is 30.4 Å². The first-order chi connectivity index (χ1) is 11.6. The second-order valence-electron chi connectivity index (χ2n) is 5.83. The number of carbonyl (C=O) groups excluding carboxylic acids is 2. The average molecular weight is 344 g/mol. The van der Waals surface area contributed by atoms with Crippen molar-refractivity contribution >= 4 is 23.2 Å². The molecule has 0 fully saturated rings. The fraction of sp³-hybridized carbons (Fsp3) is 0.333. The molecule has 3 rings (SSSR count). The first kappa shape index (κ1) is 16.5. The predicted octanol–water partition coefficient (Wildman–Crippen LogP) is 2.44. The van der Waals surface area contributed by atoms with E-state index in [0.29, 0.717) is 6.54 Å². The summed E-state index contributed by atoms with van der Waals surface area (Å²) in [6, 6.07) is 11.5. The molecule has 1 aromatic carbocycles. The van der Waals surface area contributed by atoms with E-state index in [4.69, 9.17) is 4.74 Å². The van der Waals surface area contributed by atoms with Crippen LogP contribution in [0.2, 0.25) is 0 Å². The van der Waals surface area contributed by atoms with E-state index in [1.165, 1.54) is 23.8 Å². The molecule has 126 valence electrons. The molecule has 24 heavy (non-hydrogen) atoms. The van der Waals surface area contributed by atoms with Gasteiger partial charge >= 0.3 is 0 Å². The maximum Gasteiger partial charge on any atom is 0.222 e. The Morgan fingerprint density at radius 1 is 1.29 bits per heavy atom. The van der Waals surface area contributed by atoms with Gasteiger partial charge in [-0.15, -0.1) is 11.3 Å². The lowest BCUT2D eigenvalue weighted by Crippen LogP contribution is -2.37. The molecular formula is C18H20N2O3S. The van der Waals surface area contributed by atoms with Gasteiger partial charge in [0.05, 0.1) is 19.0 Å². The van der Waals surface area contributed by atoms with Crippen LogP contribution in [0.5, 0.6) is 5.75 Å². The minimum atomic E-state index is -0.288. The van der Waals surface area contributed by atoms with Gasteiger partial charge in [-0.25, -0.2) is 0 Å². The van der Waals surface area contributed by atoms with Crippen LogP contribution >= 0.6 is 11.3 Å². The minimum Gasteiger partial charge on any atom is -0.488 e. The third kappa shape index (κ3) is 4.14. The highest BCUT2D eigenvalue weighted by molar-refractivity contribution is 7.10. The van der Waals surface area contributed by atoms with Gasteiger partial charge in [0, 0.05) is 18.2 Å². The number of benzene rings is 1. The fourth-order valence-electron chi connectivity index (χ4n) is 2.81. The molecule has 2 N–H and O–H groups in total. The zero-order valence-electron chi connectivity index (χ0n) is 13.5. The zero-order chi connectivity index (χ0) is 16.9. The van der Waals surface area contributed by atoms with Crippen LogP contribution in [0.3, 0.4) is 0 Å². The quantitative estimate of drug-likeness (QED) is 0.846. The number of fused-ring (bicyclic) bond motifs is 1. The number of thiophene rings is 1. The molecule has 5 nitrogen and oxygen atoms in total. The first-order valence-corrected chi connectivity index (χ1v) is 8.81. The predicted molar refractivity (Wildman–Crippen MR) is 93.1 cm³/mol. The molecular weight excluding hydrogens is 324 g/mol. The largest absolute Gasteiger partial charge is 0.488 e. The van der Waals surface area contributed by atoms with Crippen molar-refractivity contribution in [3.8, 4) is 5.75 Å². The van der Waals surface area contributed by atoms with Gasteiger partial charge in [0.1, 0.15) is 11.9 Å². The molecule has 2 atom stereocenters. The number of carbonyl (C=O) groups is 2. The maximum atomic E-state index is 12.2. The lowest BCUT2D eigenvalue weighted by Gasteiger charge is -2.17. The highest BCUT2D eigenvalue weighted by atomic mass is 32.1. The maximum absolute atomic E-state index is 12.2. The molecule has 1 aliphatic rings. The van der Waals surface area contributed by atoms with E-state index in [1.807, 2.05) is 41.8 Å². The molecule has 0 spiro atoms. The van der Waals surface area contributed by atoms with Gasteiger partial charge in [0.25, 0.3) is 0 Å². The van der Waals surface area contributed by atoms with Crippen LogP contribution in [-0.2, 0) is 16.0 Å². The molecule has 6 heteroatoms. The van der Waals surface area contributed by atoms with E-state index in [0.717, 1.165) is 17.0 Å². The second kappa shape index (κ2) is 7.49. The molecule has 0 aliphatic carbocycles. The summed E-state index contributed by atoms with van der Waals surface area (Å²) in [6.45, 7) is 1.92. The molecule has 0 saturated carbocycles. The van der Waals surface area contributed by atoms with E-state index < -0.39 is 0 Å². The topological polar surface area (TPSA) is 67.4 Å². The van der Waals surface area contributed by atoms with E-state index >= 15 is 0 Å². The number of hydrogen-bond donors (Lipinski definition) is 2. The van der Waals surface area contributed by atoms with Crippen molar-refractivity contribution < 1.29 is 14.3 Å². The summed E-state index contributed by atoms with van der Waals surface area (Å²) in [7, 11) is 0. The van der Waals surface area contributed by atoms with Gasteiger partial charge in [-0.05, 0) is 23.1 Å². The molecule has 1 aromatic heterocycles. The average Bonchev–Trinajstić information content (AvgIpc) is 3.21. The van der Waals surface area contributed by atoms with Gasteiger partial charge < -0.3 is 15.4 Å². The highest BCUT2D eigenvalue weighted by Gasteiger charge is 2.24. The monoisotopic (exact) mass is 344 g/mol. The van der Waals surface area contributed by atoms with Crippen molar-refractivity contribution in [3.05, 3.63) is 52.2 Å². The third-order valence-electron chi connectivity index (χ3n) is 3.89. The lowest BCUT2D eigenvalue weighted by molar-refractivity contribution is -0.123. The zero-order valence-corrected chi connectivity index (χ0v) is 14.3. The number of nitrogens with one attached hydrogen (secondary N) is 2. The molecule has 2 heterocycles. The summed E-state index contributed by atoms with van der Waals surface area (Å²) in [5, 5.41) is 7.69. The van der Waals surface area contributed by atoms with Crippen LogP contribution in [0.25, 0.3) is 0 Å². The number of rotatable bonds is 6. The van der Waals surface area contributed by atoms with Crippen LogP contribution in [0.15, 0.2) is 41.8 Å². The molecule has 1 aliphatic heterocycles. The Balaban J connectivity index is 1.51. The van der Waals surface area contributed by atoms with Crippen molar-refractivity contribution in [2.75, 3.05) is 6.54 Å². The Morgan fingerprint density at radius 2 is 2.12 bits per heavy atom. The SMILES string of the molecule is CC(=O)N[C@H](CC(=O)NC[C@H]1Cc2ccccc2O1)c1cccs1. The first-order valence-electron chi connectivity index (χ1n) is 7.93. The number of hydrogen-bond acceptors (Lipinski definition) is 4. The normalized spacial score (nSPS) is 16.8. The van der Waals surface area contributed by atoms with Gasteiger partial charge in [-0.3, -0.25) is 9.59 Å². The Hall–Kier alpha value is -2.34. The summed E-state index contributed by atoms with van der Waals surface area (Å²) in [6.07, 6.45) is 0.989. The van der Waals surface area contributed by atoms with Crippen LogP contribution in [0, 0.1) is 0 Å². The Kier molecular flexibility index (Phi) is 5.15. The summed E-state index contributed by atoms with van der Waals surface area (Å²) >= 11 is 1.53. The van der Waals surface area contributed by atoms with Crippen molar-refractivity contribution in [1.82, 2.24) is 10.6 Å². The molecule has 2 aromatic rings. The van der Waals surface area contributed by atoms with Gasteiger partial charge in [0.15, 0.2) is 0 Å². The Bertz CT molecular complexity index is 690. The highest BCUT2D eigenvalue weighted by Crippen LogP contribution is 2.28. The summed E-state index contributed by atoms with van der Waals surface area (Å²) in [5.74, 6) is 0.656. The van der Waals surface area contributed by atoms with Crippen molar-refractivity contribution in [3.63, 3.8) is 0 Å². The smallest absolute Gasteiger partial charge is 0.222 e. The third-order valence-corrected chi connectivity index (χ3v) is 4.88. The van der Waals surface area contributed by atoms with Crippen molar-refractivity contribution in [2.24, 2.45) is 0 Å². The molecule has 0 unspecified atom stereocenters. The lowest BCUT2D eigenvalue weighted by atomic mass is 10.1. The van der Waals surface area contributed by atoms with E-state index in [2.05, 4.69) is 10.6 Å². The second-order valence-corrected chi connectivity index (χ2v) is 6.81. The van der Waals surface area contributed by atoms with E-state index in [9.17, 15) is 9.59 Å². The number of para-hydroxylation sites is 1. The van der Waals surface area contributed by atoms with E-state index in [1.54, 1.807) is 0 Å². The number of amides is 2. The molecule has 0 radical (unpaired) electrons. The molecule has 0 saturated heterocycles. The standard InChI is InChI=1S/C18H20N2O3S/c1-12(21)20-15(17-7-4-8-24-17)10-18(22)19-11-14-9-13-5-2-3-6-16(13)23-14/h2-8,14-15H,9-11H2,1H3,(H,19,22)(H,20,21)/t14-,15-/m1/s1. The van der Waals surface area contributed by atoms with Crippen molar-refractivity contribution in [1.29, 1.82) is 0 Å². The summed E-state index contributed by atoms with van der Waals surface area (Å²) in [5.41, 5.74) is 1.17. The van der Waals surface area contributed by atoms with Gasteiger partial charge in [0.2, 0.25) is 11.8 Å². The van der Waals surface area contributed by atoms with Crippen molar-refractivity contribution in [2.45, 2.75) is 31.9 Å².